The van der Waals surface area contributed by atoms with E-state index in [1.165, 1.54) is 11.4 Å². The summed E-state index contributed by atoms with van der Waals surface area (Å²) in [6.07, 6.45) is 1.12. The molecule has 0 radical (unpaired) electrons. The molecule has 0 bridgehead atoms. The van der Waals surface area contributed by atoms with Crippen molar-refractivity contribution in [2.75, 3.05) is 13.1 Å². The van der Waals surface area contributed by atoms with E-state index in [9.17, 15) is 4.79 Å². The Labute approximate surface area is 126 Å². The molecule has 0 N–H and O–H groups in total. The number of nitrogens with zero attached hydrogens (tertiary/aromatic N) is 2. The van der Waals surface area contributed by atoms with Crippen LogP contribution in [0.15, 0.2) is 36.4 Å². The van der Waals surface area contributed by atoms with Gasteiger partial charge in [0.05, 0.1) is 0 Å². The van der Waals surface area contributed by atoms with Crippen molar-refractivity contribution in [2.45, 2.75) is 27.2 Å². The lowest BCUT2D eigenvalue weighted by atomic mass is 10.1. The van der Waals surface area contributed by atoms with Gasteiger partial charge in [0.25, 0.3) is 5.91 Å². The number of likely N-dealkylation sites (tertiary alicyclic amines) is 1. The normalized spacial score (nSPS) is 18.2. The topological polar surface area (TPSA) is 25.2 Å². The summed E-state index contributed by atoms with van der Waals surface area (Å²) in [4.78, 5) is 14.4. The maximum Gasteiger partial charge on any atom is 0.253 e. The first-order valence-electron chi connectivity index (χ1n) is 7.61. The highest BCUT2D eigenvalue weighted by Crippen LogP contribution is 2.20. The number of hydrogen-bond donors (Lipinski definition) is 0. The largest absolute Gasteiger partial charge is 0.338 e. The average molecular weight is 282 g/mol. The average Bonchev–Trinajstić information content (AvgIpc) is 3.05. The zero-order valence-electron chi connectivity index (χ0n) is 13.0. The summed E-state index contributed by atoms with van der Waals surface area (Å²) in [7, 11) is 0. The van der Waals surface area contributed by atoms with Crippen LogP contribution in [0.3, 0.4) is 0 Å². The second kappa shape index (κ2) is 5.40. The summed E-state index contributed by atoms with van der Waals surface area (Å²) in [5.74, 6) is 0.783. The van der Waals surface area contributed by atoms with Crippen LogP contribution < -0.4 is 0 Å². The van der Waals surface area contributed by atoms with Gasteiger partial charge in [0.2, 0.25) is 0 Å². The van der Waals surface area contributed by atoms with Crippen LogP contribution in [0.2, 0.25) is 0 Å². The summed E-state index contributed by atoms with van der Waals surface area (Å²) < 4.78 is 2.20. The number of carbonyl (C=O) groups excluding carboxylic acids is 1. The standard InChI is InChI=1S/C18H22N2O/c1-13-10-11-19(12-13)18(21)16-6-8-17(9-7-16)20-14(2)4-5-15(20)3/h4-9,13H,10-12H2,1-3H3. The van der Waals surface area contributed by atoms with Gasteiger partial charge in [0, 0.05) is 35.7 Å². The van der Waals surface area contributed by atoms with E-state index in [-0.39, 0.29) is 5.91 Å². The molecule has 1 atom stereocenters. The van der Waals surface area contributed by atoms with Gasteiger partial charge in [-0.25, -0.2) is 0 Å². The van der Waals surface area contributed by atoms with E-state index < -0.39 is 0 Å². The molecular weight excluding hydrogens is 260 g/mol. The van der Waals surface area contributed by atoms with Gasteiger partial charge in [-0.05, 0) is 62.6 Å². The Morgan fingerprint density at radius 2 is 1.67 bits per heavy atom. The summed E-state index contributed by atoms with van der Waals surface area (Å²) in [5.41, 5.74) is 4.32. The fourth-order valence-electron chi connectivity index (χ4n) is 3.13. The molecule has 1 aromatic heterocycles. The number of carbonyl (C=O) groups is 1. The van der Waals surface area contributed by atoms with Gasteiger partial charge < -0.3 is 9.47 Å². The van der Waals surface area contributed by atoms with Crippen molar-refractivity contribution in [3.8, 4) is 5.69 Å². The molecule has 1 aliphatic heterocycles. The van der Waals surface area contributed by atoms with Crippen LogP contribution in [0.5, 0.6) is 0 Å². The molecule has 0 saturated carbocycles. The van der Waals surface area contributed by atoms with Gasteiger partial charge in [0.15, 0.2) is 0 Å². The van der Waals surface area contributed by atoms with E-state index >= 15 is 0 Å². The highest BCUT2D eigenvalue weighted by molar-refractivity contribution is 5.94. The van der Waals surface area contributed by atoms with Crippen LogP contribution in [-0.2, 0) is 0 Å². The number of rotatable bonds is 2. The van der Waals surface area contributed by atoms with E-state index in [4.69, 9.17) is 0 Å². The summed E-state index contributed by atoms with van der Waals surface area (Å²) in [6.45, 7) is 8.16. The molecule has 1 aromatic carbocycles. The molecule has 1 saturated heterocycles. The molecule has 1 unspecified atom stereocenters. The smallest absolute Gasteiger partial charge is 0.253 e. The minimum atomic E-state index is 0.159. The zero-order chi connectivity index (χ0) is 15.0. The SMILES string of the molecule is Cc1ccc(C)n1-c1ccc(C(=O)N2CCC(C)C2)cc1. The van der Waals surface area contributed by atoms with Gasteiger partial charge in [-0.15, -0.1) is 0 Å². The van der Waals surface area contributed by atoms with E-state index in [0.29, 0.717) is 5.92 Å². The van der Waals surface area contributed by atoms with Crippen molar-refractivity contribution < 1.29 is 4.79 Å². The van der Waals surface area contributed by atoms with Gasteiger partial charge in [0.1, 0.15) is 0 Å². The van der Waals surface area contributed by atoms with Crippen molar-refractivity contribution in [2.24, 2.45) is 5.92 Å². The molecule has 3 heteroatoms. The second-order valence-corrected chi connectivity index (χ2v) is 6.14. The van der Waals surface area contributed by atoms with Crippen LogP contribution in [0.1, 0.15) is 35.1 Å². The Bertz CT molecular complexity index is 635. The molecule has 1 aliphatic rings. The first-order chi connectivity index (χ1) is 10.1. The van der Waals surface area contributed by atoms with Gasteiger partial charge in [-0.3, -0.25) is 4.79 Å². The quantitative estimate of drug-likeness (QED) is 0.826. The number of aryl methyl sites for hydroxylation is 2. The molecule has 3 rings (SSSR count). The van der Waals surface area contributed by atoms with Gasteiger partial charge in [-0.1, -0.05) is 6.92 Å². The maximum atomic E-state index is 12.4. The van der Waals surface area contributed by atoms with Crippen LogP contribution >= 0.6 is 0 Å². The Hall–Kier alpha value is -2.03. The molecule has 1 fully saturated rings. The second-order valence-electron chi connectivity index (χ2n) is 6.14. The maximum absolute atomic E-state index is 12.4. The predicted molar refractivity (Wildman–Crippen MR) is 84.9 cm³/mol. The van der Waals surface area contributed by atoms with Crippen molar-refractivity contribution in [3.05, 3.63) is 53.3 Å². The van der Waals surface area contributed by atoms with E-state index in [1.807, 2.05) is 29.2 Å². The molecule has 110 valence electrons. The minimum Gasteiger partial charge on any atom is -0.338 e. The van der Waals surface area contributed by atoms with Crippen molar-refractivity contribution in [1.82, 2.24) is 9.47 Å². The summed E-state index contributed by atoms with van der Waals surface area (Å²) in [5, 5.41) is 0. The van der Waals surface area contributed by atoms with Gasteiger partial charge >= 0.3 is 0 Å². The molecule has 3 nitrogen and oxygen atoms in total. The number of aromatic nitrogens is 1. The van der Waals surface area contributed by atoms with E-state index in [0.717, 1.165) is 30.8 Å². The van der Waals surface area contributed by atoms with Crippen LogP contribution in [0.25, 0.3) is 5.69 Å². The minimum absolute atomic E-state index is 0.159. The lowest BCUT2D eigenvalue weighted by Gasteiger charge is -2.16. The molecule has 0 spiro atoms. The fraction of sp³-hybridized carbons (Fsp3) is 0.389. The zero-order valence-corrected chi connectivity index (χ0v) is 13.0. The summed E-state index contributed by atoms with van der Waals surface area (Å²) in [6, 6.07) is 12.2. The lowest BCUT2D eigenvalue weighted by Crippen LogP contribution is -2.28. The van der Waals surface area contributed by atoms with Crippen molar-refractivity contribution in [1.29, 1.82) is 0 Å². The number of amides is 1. The highest BCUT2D eigenvalue weighted by Gasteiger charge is 2.24. The Morgan fingerprint density at radius 3 is 2.19 bits per heavy atom. The Kier molecular flexibility index (Phi) is 3.58. The van der Waals surface area contributed by atoms with Crippen molar-refractivity contribution >= 4 is 5.91 Å². The van der Waals surface area contributed by atoms with E-state index in [2.05, 4.69) is 37.5 Å². The van der Waals surface area contributed by atoms with Crippen LogP contribution in [0.4, 0.5) is 0 Å². The molecular formula is C18H22N2O. The Morgan fingerprint density at radius 1 is 1.05 bits per heavy atom. The summed E-state index contributed by atoms with van der Waals surface area (Å²) >= 11 is 0. The third-order valence-corrected chi connectivity index (χ3v) is 4.35. The lowest BCUT2D eigenvalue weighted by molar-refractivity contribution is 0.0788. The molecule has 21 heavy (non-hydrogen) atoms. The monoisotopic (exact) mass is 282 g/mol. The third kappa shape index (κ3) is 2.60. The molecule has 2 heterocycles. The molecule has 2 aromatic rings. The number of benzene rings is 1. The van der Waals surface area contributed by atoms with E-state index in [1.54, 1.807) is 0 Å². The van der Waals surface area contributed by atoms with Crippen LogP contribution in [0, 0.1) is 19.8 Å². The highest BCUT2D eigenvalue weighted by atomic mass is 16.2. The third-order valence-electron chi connectivity index (χ3n) is 4.35. The van der Waals surface area contributed by atoms with Gasteiger partial charge in [-0.2, -0.15) is 0 Å². The molecule has 0 aliphatic carbocycles. The van der Waals surface area contributed by atoms with Crippen LogP contribution in [-0.4, -0.2) is 28.5 Å². The fourth-order valence-corrected chi connectivity index (χ4v) is 3.13. The number of hydrogen-bond acceptors (Lipinski definition) is 1. The predicted octanol–water partition coefficient (Wildman–Crippen LogP) is 3.58. The Balaban J connectivity index is 1.83. The first-order valence-corrected chi connectivity index (χ1v) is 7.61. The molecule has 1 amide bonds. The van der Waals surface area contributed by atoms with Crippen molar-refractivity contribution in [3.63, 3.8) is 0 Å². The first kappa shape index (κ1) is 13.9.